The summed E-state index contributed by atoms with van der Waals surface area (Å²) in [4.78, 5) is 25.3. The molecule has 3 heterocycles. The Bertz CT molecular complexity index is 1390. The van der Waals surface area contributed by atoms with E-state index in [0.29, 0.717) is 22.8 Å². The number of nitrogens with one attached hydrogen (secondary N) is 2. The highest BCUT2D eigenvalue weighted by Gasteiger charge is 2.37. The van der Waals surface area contributed by atoms with Crippen LogP contribution in [0.3, 0.4) is 0 Å². The number of amides is 2. The summed E-state index contributed by atoms with van der Waals surface area (Å²) in [5.74, 6) is 0.161. The molecule has 0 bridgehead atoms. The maximum atomic E-state index is 13.2. The Kier molecular flexibility index (Phi) is 6.18. The number of carbonyl (C=O) groups excluding carboxylic acids is 2. The first kappa shape index (κ1) is 24.5. The molecule has 0 aliphatic rings. The van der Waals surface area contributed by atoms with Gasteiger partial charge in [0.25, 0.3) is 5.91 Å². The Hall–Kier alpha value is -3.67. The molecule has 12 heteroatoms. The van der Waals surface area contributed by atoms with Crippen LogP contribution >= 0.6 is 11.3 Å². The number of rotatable bonds is 5. The van der Waals surface area contributed by atoms with E-state index in [1.807, 2.05) is 20.8 Å². The zero-order valence-electron chi connectivity index (χ0n) is 19.3. The molecule has 8 nitrogen and oxygen atoms in total. The van der Waals surface area contributed by atoms with Crippen molar-refractivity contribution in [1.82, 2.24) is 14.9 Å². The molecule has 0 unspecified atom stereocenters. The molecule has 0 spiro atoms. The van der Waals surface area contributed by atoms with E-state index in [1.54, 1.807) is 30.3 Å². The number of aryl methyl sites for hydroxylation is 1. The van der Waals surface area contributed by atoms with Crippen molar-refractivity contribution < 1.29 is 27.3 Å². The van der Waals surface area contributed by atoms with Gasteiger partial charge in [0, 0.05) is 29.6 Å². The van der Waals surface area contributed by atoms with Crippen LogP contribution in [0.15, 0.2) is 40.9 Å². The van der Waals surface area contributed by atoms with Gasteiger partial charge < -0.3 is 15.2 Å². The second kappa shape index (κ2) is 8.84. The molecule has 0 aliphatic heterocycles. The van der Waals surface area contributed by atoms with Gasteiger partial charge in [0.1, 0.15) is 10.6 Å². The first-order valence-electron chi connectivity index (χ1n) is 10.5. The average Bonchev–Trinajstić information content (AvgIpc) is 3.45. The van der Waals surface area contributed by atoms with Gasteiger partial charge in [-0.25, -0.2) is 0 Å². The fourth-order valence-corrected chi connectivity index (χ4v) is 4.29. The van der Waals surface area contributed by atoms with Crippen LogP contribution in [0.2, 0.25) is 0 Å². The van der Waals surface area contributed by atoms with Crippen LogP contribution in [0, 0.1) is 0 Å². The quantitative estimate of drug-likeness (QED) is 0.380. The smallest absolute Gasteiger partial charge is 0.359 e. The van der Waals surface area contributed by atoms with Crippen molar-refractivity contribution in [3.8, 4) is 0 Å². The fraction of sp³-hybridized carbons (Fsp3) is 0.304. The Balaban J connectivity index is 1.39. The number of carbonyl (C=O) groups is 2. The molecule has 3 aromatic heterocycles. The van der Waals surface area contributed by atoms with Crippen LogP contribution < -0.4 is 10.6 Å². The standard InChI is InChI=1S/C23H22F3N5O3S/c1-22(2,3)16-11-17(30-34-16)28-18(32)9-12-5-7-13(8-6-12)27-20(33)15-10-14-19(23(24,25)26)29-31(4)21(14)35-15/h5-8,10-11H,9H2,1-4H3,(H,27,33)(H,28,30,32). The third-order valence-electron chi connectivity index (χ3n) is 5.10. The Morgan fingerprint density at radius 3 is 2.37 bits per heavy atom. The number of alkyl halides is 3. The molecule has 4 aromatic rings. The zero-order chi connectivity index (χ0) is 25.5. The maximum absolute atomic E-state index is 13.2. The van der Waals surface area contributed by atoms with Crippen molar-refractivity contribution >= 4 is 44.9 Å². The molecule has 1 aromatic carbocycles. The van der Waals surface area contributed by atoms with Crippen molar-refractivity contribution in [2.45, 2.75) is 38.8 Å². The predicted molar refractivity (Wildman–Crippen MR) is 126 cm³/mol. The number of fused-ring (bicyclic) bond motifs is 1. The summed E-state index contributed by atoms with van der Waals surface area (Å²) in [5.41, 5.74) is -0.114. The van der Waals surface area contributed by atoms with Crippen molar-refractivity contribution in [1.29, 1.82) is 0 Å². The van der Waals surface area contributed by atoms with E-state index in [-0.39, 0.29) is 32.8 Å². The van der Waals surface area contributed by atoms with Crippen LogP contribution in [0.5, 0.6) is 0 Å². The lowest BCUT2D eigenvalue weighted by atomic mass is 9.93. The first-order chi connectivity index (χ1) is 16.3. The minimum Gasteiger partial charge on any atom is -0.359 e. The number of aromatic nitrogens is 3. The molecule has 184 valence electrons. The van der Waals surface area contributed by atoms with Crippen molar-refractivity contribution in [3.63, 3.8) is 0 Å². The van der Waals surface area contributed by atoms with Crippen molar-refractivity contribution in [2.75, 3.05) is 10.6 Å². The van der Waals surface area contributed by atoms with Crippen molar-refractivity contribution in [3.05, 3.63) is 58.3 Å². The zero-order valence-corrected chi connectivity index (χ0v) is 20.1. The van der Waals surface area contributed by atoms with Crippen molar-refractivity contribution in [2.24, 2.45) is 7.05 Å². The summed E-state index contributed by atoms with van der Waals surface area (Å²) in [6.07, 6.45) is -4.53. The maximum Gasteiger partial charge on any atom is 0.435 e. The number of nitrogens with zero attached hydrogens (tertiary/aromatic N) is 3. The predicted octanol–water partition coefficient (Wildman–Crippen LogP) is 5.37. The molecule has 0 fully saturated rings. The Morgan fingerprint density at radius 1 is 1.09 bits per heavy atom. The van der Waals surface area contributed by atoms with Gasteiger partial charge in [-0.05, 0) is 23.8 Å². The second-order valence-electron chi connectivity index (χ2n) is 9.00. The molecule has 0 radical (unpaired) electrons. The lowest BCUT2D eigenvalue weighted by Crippen LogP contribution is -2.15. The van der Waals surface area contributed by atoms with Gasteiger partial charge in [0.05, 0.1) is 11.3 Å². The lowest BCUT2D eigenvalue weighted by Gasteiger charge is -2.12. The molecule has 35 heavy (non-hydrogen) atoms. The van der Waals surface area contributed by atoms with E-state index in [9.17, 15) is 22.8 Å². The third kappa shape index (κ3) is 5.37. The van der Waals surface area contributed by atoms with Crippen LogP contribution in [0.4, 0.5) is 24.7 Å². The van der Waals surface area contributed by atoms with Gasteiger partial charge in [-0.1, -0.05) is 38.1 Å². The van der Waals surface area contributed by atoms with Crippen LogP contribution in [0.25, 0.3) is 10.2 Å². The summed E-state index contributed by atoms with van der Waals surface area (Å²) >= 11 is 0.926. The molecule has 0 atom stereocenters. The minimum atomic E-state index is -4.61. The average molecular weight is 506 g/mol. The van der Waals surface area contributed by atoms with Gasteiger partial charge >= 0.3 is 6.18 Å². The summed E-state index contributed by atoms with van der Waals surface area (Å²) in [6, 6.07) is 9.45. The van der Waals surface area contributed by atoms with Gasteiger partial charge in [0.2, 0.25) is 5.91 Å². The molecule has 0 aliphatic carbocycles. The van der Waals surface area contributed by atoms with Crippen LogP contribution in [-0.2, 0) is 29.9 Å². The Labute approximate surface area is 202 Å². The van der Waals surface area contributed by atoms with Crippen LogP contribution in [-0.4, -0.2) is 26.8 Å². The van der Waals surface area contributed by atoms with Gasteiger partial charge in [-0.2, -0.15) is 18.3 Å². The summed E-state index contributed by atoms with van der Waals surface area (Å²) in [6.45, 7) is 5.91. The molecule has 0 saturated heterocycles. The molecule has 2 amide bonds. The van der Waals surface area contributed by atoms with E-state index < -0.39 is 17.8 Å². The van der Waals surface area contributed by atoms with E-state index in [2.05, 4.69) is 20.9 Å². The monoisotopic (exact) mass is 505 g/mol. The number of anilines is 2. The van der Waals surface area contributed by atoms with E-state index in [0.717, 1.165) is 16.0 Å². The second-order valence-corrected chi connectivity index (χ2v) is 10.0. The summed E-state index contributed by atoms with van der Waals surface area (Å²) in [5, 5.41) is 12.6. The minimum absolute atomic E-state index is 0.0788. The number of thiophene rings is 1. The molecular formula is C23H22F3N5O3S. The Morgan fingerprint density at radius 2 is 1.77 bits per heavy atom. The largest absolute Gasteiger partial charge is 0.435 e. The highest BCUT2D eigenvalue weighted by molar-refractivity contribution is 7.20. The number of hydrogen-bond acceptors (Lipinski definition) is 6. The molecule has 0 saturated carbocycles. The number of hydrogen-bond donors (Lipinski definition) is 2. The number of benzene rings is 1. The topological polar surface area (TPSA) is 102 Å². The highest BCUT2D eigenvalue weighted by atomic mass is 32.1. The molecule has 2 N–H and O–H groups in total. The summed E-state index contributed by atoms with van der Waals surface area (Å²) < 4.78 is 45.9. The first-order valence-corrected chi connectivity index (χ1v) is 11.3. The van der Waals surface area contributed by atoms with E-state index in [1.165, 1.54) is 13.1 Å². The highest BCUT2D eigenvalue weighted by Crippen LogP contribution is 2.37. The fourth-order valence-electron chi connectivity index (χ4n) is 3.32. The normalized spacial score (nSPS) is 12.2. The number of halogens is 3. The molecular weight excluding hydrogens is 483 g/mol. The SMILES string of the molecule is Cn1nc(C(F)(F)F)c2cc(C(=O)Nc3ccc(CC(=O)Nc4cc(C(C)(C)C)on4)cc3)sc21. The molecule has 4 rings (SSSR count). The summed E-state index contributed by atoms with van der Waals surface area (Å²) in [7, 11) is 1.40. The van der Waals surface area contributed by atoms with Gasteiger partial charge in [-0.15, -0.1) is 11.3 Å². The van der Waals surface area contributed by atoms with E-state index in [4.69, 9.17) is 4.52 Å². The van der Waals surface area contributed by atoms with Gasteiger partial charge in [-0.3, -0.25) is 14.3 Å². The third-order valence-corrected chi connectivity index (χ3v) is 6.30. The lowest BCUT2D eigenvalue weighted by molar-refractivity contribution is -0.140. The van der Waals surface area contributed by atoms with Gasteiger partial charge in [0.15, 0.2) is 11.5 Å². The van der Waals surface area contributed by atoms with E-state index >= 15 is 0 Å². The van der Waals surface area contributed by atoms with Crippen LogP contribution in [0.1, 0.15) is 47.5 Å².